The van der Waals surface area contributed by atoms with Crippen molar-refractivity contribution >= 4 is 11.6 Å². The van der Waals surface area contributed by atoms with E-state index < -0.39 is 0 Å². The summed E-state index contributed by atoms with van der Waals surface area (Å²) in [5.74, 6) is 1.59. The van der Waals surface area contributed by atoms with Crippen molar-refractivity contribution in [1.82, 2.24) is 9.88 Å². The molecule has 0 atom stereocenters. The number of ketones is 1. The van der Waals surface area contributed by atoms with Crippen LogP contribution in [0, 0.1) is 0 Å². The third kappa shape index (κ3) is 4.19. The molecule has 0 bridgehead atoms. The van der Waals surface area contributed by atoms with Crippen LogP contribution in [-0.2, 0) is 0 Å². The number of carbonyl (C=O) groups is 1. The summed E-state index contributed by atoms with van der Waals surface area (Å²) < 4.78 is 0. The van der Waals surface area contributed by atoms with Crippen molar-refractivity contribution in [2.75, 3.05) is 18.4 Å². The lowest BCUT2D eigenvalue weighted by molar-refractivity contribution is 0.104. The zero-order valence-electron chi connectivity index (χ0n) is 13.1. The molecule has 0 unspecified atom stereocenters. The lowest BCUT2D eigenvalue weighted by Gasteiger charge is -2.31. The number of anilines is 1. The second-order valence-corrected chi connectivity index (χ2v) is 5.65. The number of benzene rings is 1. The van der Waals surface area contributed by atoms with Crippen LogP contribution in [0.4, 0.5) is 5.82 Å². The number of piperidine rings is 1. The van der Waals surface area contributed by atoms with Crippen LogP contribution in [0.3, 0.4) is 0 Å². The first-order valence-corrected chi connectivity index (χ1v) is 8.07. The fourth-order valence-corrected chi connectivity index (χ4v) is 2.72. The van der Waals surface area contributed by atoms with Gasteiger partial charge in [0.15, 0.2) is 5.78 Å². The normalized spacial score (nSPS) is 15.3. The zero-order valence-corrected chi connectivity index (χ0v) is 13.1. The van der Waals surface area contributed by atoms with Gasteiger partial charge < -0.3 is 10.2 Å². The predicted molar refractivity (Wildman–Crippen MR) is 92.1 cm³/mol. The van der Waals surface area contributed by atoms with Gasteiger partial charge in [0.1, 0.15) is 11.6 Å². The molecule has 0 amide bonds. The first-order valence-electron chi connectivity index (χ1n) is 8.07. The van der Waals surface area contributed by atoms with Gasteiger partial charge in [-0.3, -0.25) is 4.79 Å². The Kier molecular flexibility index (Phi) is 5.04. The van der Waals surface area contributed by atoms with E-state index in [1.807, 2.05) is 48.5 Å². The number of rotatable bonds is 5. The average Bonchev–Trinajstić information content (AvgIpc) is 2.63. The van der Waals surface area contributed by atoms with Gasteiger partial charge in [0.25, 0.3) is 0 Å². The Labute approximate surface area is 136 Å². The van der Waals surface area contributed by atoms with E-state index in [1.54, 1.807) is 12.3 Å². The molecule has 23 heavy (non-hydrogen) atoms. The highest BCUT2D eigenvalue weighted by Crippen LogP contribution is 2.17. The van der Waals surface area contributed by atoms with Gasteiger partial charge in [-0.2, -0.15) is 0 Å². The van der Waals surface area contributed by atoms with Crippen molar-refractivity contribution in [2.45, 2.75) is 19.3 Å². The summed E-state index contributed by atoms with van der Waals surface area (Å²) in [4.78, 5) is 19.1. The molecule has 4 nitrogen and oxygen atoms in total. The molecule has 0 aliphatic carbocycles. The Morgan fingerprint density at radius 2 is 1.74 bits per heavy atom. The Hall–Kier alpha value is -2.62. The third-order valence-corrected chi connectivity index (χ3v) is 3.94. The zero-order chi connectivity index (χ0) is 15.9. The van der Waals surface area contributed by atoms with E-state index in [1.165, 1.54) is 6.42 Å². The molecule has 1 saturated heterocycles. The number of hydrogen-bond donors (Lipinski definition) is 1. The van der Waals surface area contributed by atoms with Crippen LogP contribution in [0.1, 0.15) is 29.6 Å². The van der Waals surface area contributed by atoms with E-state index in [0.717, 1.165) is 37.6 Å². The van der Waals surface area contributed by atoms with Crippen LogP contribution in [0.2, 0.25) is 0 Å². The molecule has 1 N–H and O–H groups in total. The lowest BCUT2D eigenvalue weighted by Crippen LogP contribution is -2.33. The van der Waals surface area contributed by atoms with Gasteiger partial charge >= 0.3 is 0 Å². The molecular formula is C19H21N3O. The Balaban J connectivity index is 1.84. The minimum absolute atomic E-state index is 0.00889. The van der Waals surface area contributed by atoms with Crippen molar-refractivity contribution in [1.29, 1.82) is 0 Å². The molecule has 0 spiro atoms. The Morgan fingerprint density at radius 3 is 2.43 bits per heavy atom. The molecule has 1 aromatic heterocycles. The fourth-order valence-electron chi connectivity index (χ4n) is 2.72. The average molecular weight is 307 g/mol. The molecule has 2 aromatic rings. The first kappa shape index (κ1) is 15.3. The molecule has 1 aromatic carbocycles. The van der Waals surface area contributed by atoms with Crippen LogP contribution >= 0.6 is 0 Å². The summed E-state index contributed by atoms with van der Waals surface area (Å²) in [6.07, 6.45) is 6.99. The summed E-state index contributed by atoms with van der Waals surface area (Å²) in [6, 6.07) is 15.1. The van der Waals surface area contributed by atoms with Crippen molar-refractivity contribution in [3.63, 3.8) is 0 Å². The van der Waals surface area contributed by atoms with E-state index in [9.17, 15) is 4.79 Å². The van der Waals surface area contributed by atoms with Crippen LogP contribution < -0.4 is 5.32 Å². The Morgan fingerprint density at radius 1 is 1.00 bits per heavy atom. The van der Waals surface area contributed by atoms with E-state index in [0.29, 0.717) is 5.56 Å². The number of nitrogens with one attached hydrogen (secondary N) is 1. The number of nitrogens with zero attached hydrogens (tertiary/aromatic N) is 2. The van der Waals surface area contributed by atoms with Gasteiger partial charge in [0, 0.05) is 30.9 Å². The molecule has 1 aliphatic heterocycles. The molecule has 118 valence electrons. The molecule has 1 aliphatic rings. The maximum Gasteiger partial charge on any atom is 0.189 e. The molecular weight excluding hydrogens is 286 g/mol. The summed E-state index contributed by atoms with van der Waals surface area (Å²) in [5.41, 5.74) is 0.699. The number of pyridine rings is 1. The largest absolute Gasteiger partial charge is 0.358 e. The van der Waals surface area contributed by atoms with Gasteiger partial charge in [-0.25, -0.2) is 4.98 Å². The van der Waals surface area contributed by atoms with Crippen LogP contribution in [0.25, 0.3) is 0 Å². The van der Waals surface area contributed by atoms with E-state index in [4.69, 9.17) is 0 Å². The predicted octanol–water partition coefficient (Wildman–Crippen LogP) is 3.70. The molecule has 4 heteroatoms. The fraction of sp³-hybridized carbons (Fsp3) is 0.263. The van der Waals surface area contributed by atoms with Gasteiger partial charge in [-0.05, 0) is 31.4 Å². The van der Waals surface area contributed by atoms with Crippen LogP contribution in [0.5, 0.6) is 0 Å². The summed E-state index contributed by atoms with van der Waals surface area (Å²) in [7, 11) is 0. The highest BCUT2D eigenvalue weighted by atomic mass is 16.1. The minimum atomic E-state index is 0.00889. The topological polar surface area (TPSA) is 45.2 Å². The van der Waals surface area contributed by atoms with Crippen molar-refractivity contribution in [2.24, 2.45) is 0 Å². The maximum atomic E-state index is 12.5. The number of hydrogen-bond acceptors (Lipinski definition) is 4. The molecule has 2 heterocycles. The Bertz CT molecular complexity index is 662. The SMILES string of the molecule is O=C(/C=C(\Nc1ccccn1)N1CCCCC1)c1ccccc1. The minimum Gasteiger partial charge on any atom is -0.358 e. The van der Waals surface area contributed by atoms with E-state index in [-0.39, 0.29) is 5.78 Å². The smallest absolute Gasteiger partial charge is 0.189 e. The second-order valence-electron chi connectivity index (χ2n) is 5.65. The van der Waals surface area contributed by atoms with Gasteiger partial charge in [-0.15, -0.1) is 0 Å². The molecule has 0 saturated carbocycles. The number of likely N-dealkylation sites (tertiary alicyclic amines) is 1. The van der Waals surface area contributed by atoms with Crippen LogP contribution in [-0.4, -0.2) is 28.8 Å². The summed E-state index contributed by atoms with van der Waals surface area (Å²) in [6.45, 7) is 1.93. The summed E-state index contributed by atoms with van der Waals surface area (Å²) >= 11 is 0. The summed E-state index contributed by atoms with van der Waals surface area (Å²) in [5, 5.41) is 3.30. The second kappa shape index (κ2) is 7.58. The first-order chi connectivity index (χ1) is 11.3. The van der Waals surface area contributed by atoms with Crippen molar-refractivity contribution in [3.05, 3.63) is 72.2 Å². The number of carbonyl (C=O) groups excluding carboxylic acids is 1. The van der Waals surface area contributed by atoms with E-state index in [2.05, 4.69) is 15.2 Å². The highest BCUT2D eigenvalue weighted by molar-refractivity contribution is 6.05. The third-order valence-electron chi connectivity index (χ3n) is 3.94. The standard InChI is InChI=1S/C19H21N3O/c23-17(16-9-3-1-4-10-16)15-19(22-13-7-2-8-14-22)21-18-11-5-6-12-20-18/h1,3-6,9-12,15H,2,7-8,13-14H2,(H,20,21)/b19-15+. The van der Waals surface area contributed by atoms with Gasteiger partial charge in [-0.1, -0.05) is 36.4 Å². The molecule has 1 fully saturated rings. The lowest BCUT2D eigenvalue weighted by atomic mass is 10.1. The van der Waals surface area contributed by atoms with Crippen LogP contribution in [0.15, 0.2) is 66.6 Å². The van der Waals surface area contributed by atoms with Gasteiger partial charge in [0.05, 0.1) is 0 Å². The van der Waals surface area contributed by atoms with Crippen molar-refractivity contribution in [3.8, 4) is 0 Å². The quantitative estimate of drug-likeness (QED) is 0.676. The number of aromatic nitrogens is 1. The number of allylic oxidation sites excluding steroid dienone is 1. The molecule has 3 rings (SSSR count). The van der Waals surface area contributed by atoms with E-state index >= 15 is 0 Å². The maximum absolute atomic E-state index is 12.5. The van der Waals surface area contributed by atoms with Gasteiger partial charge in [0.2, 0.25) is 0 Å². The monoisotopic (exact) mass is 307 g/mol. The van der Waals surface area contributed by atoms with Crippen molar-refractivity contribution < 1.29 is 4.79 Å². The highest BCUT2D eigenvalue weighted by Gasteiger charge is 2.15. The molecule has 0 radical (unpaired) electrons.